The first-order valence-corrected chi connectivity index (χ1v) is 10.1. The minimum atomic E-state index is -0.861. The molecular weight excluding hydrogens is 432 g/mol. The molecule has 3 aromatic carbocycles. The Labute approximate surface area is 176 Å². The maximum absolute atomic E-state index is 13.5. The molecule has 29 heavy (non-hydrogen) atoms. The van der Waals surface area contributed by atoms with Crippen molar-refractivity contribution in [2.75, 3.05) is 9.96 Å². The van der Waals surface area contributed by atoms with Crippen LogP contribution < -0.4 is 9.96 Å². The molecule has 2 aliphatic rings. The molecule has 0 bridgehead atoms. The molecule has 0 N–H and O–H groups in total. The molecule has 0 aliphatic carbocycles. The Morgan fingerprint density at radius 1 is 0.724 bits per heavy atom. The molecule has 3 unspecified atom stereocenters. The predicted molar refractivity (Wildman–Crippen MR) is 113 cm³/mol. The third kappa shape index (κ3) is 2.87. The van der Waals surface area contributed by atoms with Crippen LogP contribution in [0.25, 0.3) is 0 Å². The number of nitrogens with zero attached hydrogens (tertiary/aromatic N) is 2. The van der Waals surface area contributed by atoms with Crippen LogP contribution in [0.4, 0.5) is 11.4 Å². The highest BCUT2D eigenvalue weighted by atomic mass is 79.9. The Morgan fingerprint density at radius 2 is 1.31 bits per heavy atom. The van der Waals surface area contributed by atoms with Gasteiger partial charge < -0.3 is 0 Å². The van der Waals surface area contributed by atoms with Gasteiger partial charge in [0.1, 0.15) is 5.92 Å². The van der Waals surface area contributed by atoms with E-state index < -0.39 is 18.1 Å². The van der Waals surface area contributed by atoms with Gasteiger partial charge in [-0.2, -0.15) is 0 Å². The summed E-state index contributed by atoms with van der Waals surface area (Å²) in [5.74, 6) is -1.21. The highest BCUT2D eigenvalue weighted by molar-refractivity contribution is 9.10. The summed E-state index contributed by atoms with van der Waals surface area (Å²) in [6.07, 6.45) is -0.861. The van der Waals surface area contributed by atoms with Gasteiger partial charge in [-0.3, -0.25) is 14.4 Å². The molecule has 0 saturated carbocycles. The van der Waals surface area contributed by atoms with Gasteiger partial charge in [0.2, 0.25) is 5.91 Å². The van der Waals surface area contributed by atoms with E-state index in [2.05, 4.69) is 15.9 Å². The van der Waals surface area contributed by atoms with Crippen molar-refractivity contribution >= 4 is 39.1 Å². The summed E-state index contributed by atoms with van der Waals surface area (Å²) in [4.78, 5) is 34.0. The highest BCUT2D eigenvalue weighted by Gasteiger charge is 2.60. The van der Waals surface area contributed by atoms with Gasteiger partial charge in [-0.05, 0) is 35.9 Å². The standard InChI is InChI=1S/C23H17BrN2O3/c24-18-14-8-7-13-17(18)20-19-21(29-26(20)16-11-5-2-6-12-16)23(28)25(22(19)27)15-9-3-1-4-10-15/h1-14,19-21H. The zero-order chi connectivity index (χ0) is 20.0. The van der Waals surface area contributed by atoms with Crippen molar-refractivity contribution in [1.82, 2.24) is 0 Å². The van der Waals surface area contributed by atoms with Gasteiger partial charge in [-0.1, -0.05) is 70.5 Å². The number of amides is 2. The van der Waals surface area contributed by atoms with E-state index in [9.17, 15) is 9.59 Å². The normalized spacial score (nSPS) is 23.6. The number of hydroxylamine groups is 1. The fraction of sp³-hybridized carbons (Fsp3) is 0.130. The molecule has 0 aromatic heterocycles. The zero-order valence-corrected chi connectivity index (χ0v) is 16.9. The van der Waals surface area contributed by atoms with Crippen LogP contribution in [0.15, 0.2) is 89.4 Å². The van der Waals surface area contributed by atoms with Crippen LogP contribution in [0.3, 0.4) is 0 Å². The molecule has 5 rings (SSSR count). The molecule has 2 aliphatic heterocycles. The summed E-state index contributed by atoms with van der Waals surface area (Å²) in [6, 6.07) is 25.9. The molecule has 2 saturated heterocycles. The monoisotopic (exact) mass is 448 g/mol. The number of halogens is 1. The SMILES string of the molecule is O=C1C2ON(c3ccccc3)C(c3ccccc3Br)C2C(=O)N1c1ccccc1. The van der Waals surface area contributed by atoms with Gasteiger partial charge in [-0.25, -0.2) is 9.96 Å². The number of rotatable bonds is 3. The second-order valence-electron chi connectivity index (χ2n) is 7.03. The van der Waals surface area contributed by atoms with E-state index in [1.165, 1.54) is 4.90 Å². The lowest BCUT2D eigenvalue weighted by molar-refractivity contribution is -0.126. The van der Waals surface area contributed by atoms with Crippen LogP contribution in [0.2, 0.25) is 0 Å². The lowest BCUT2D eigenvalue weighted by atomic mass is 9.90. The molecule has 2 amide bonds. The van der Waals surface area contributed by atoms with Gasteiger partial charge in [-0.15, -0.1) is 0 Å². The lowest BCUT2D eigenvalue weighted by Crippen LogP contribution is -2.37. The van der Waals surface area contributed by atoms with Crippen molar-refractivity contribution in [3.8, 4) is 0 Å². The largest absolute Gasteiger partial charge is 0.273 e. The van der Waals surface area contributed by atoms with Crippen molar-refractivity contribution < 1.29 is 14.4 Å². The van der Waals surface area contributed by atoms with Gasteiger partial charge in [0.25, 0.3) is 5.91 Å². The third-order valence-corrected chi connectivity index (χ3v) is 6.09. The molecule has 0 radical (unpaired) electrons. The summed E-state index contributed by atoms with van der Waals surface area (Å²) in [6.45, 7) is 0. The van der Waals surface area contributed by atoms with Gasteiger partial charge >= 0.3 is 0 Å². The number of carbonyl (C=O) groups is 2. The van der Waals surface area contributed by atoms with E-state index in [-0.39, 0.29) is 11.8 Å². The van der Waals surface area contributed by atoms with E-state index in [0.29, 0.717) is 5.69 Å². The second kappa shape index (κ2) is 7.13. The first-order chi connectivity index (χ1) is 14.2. The number of anilines is 2. The molecule has 144 valence electrons. The molecule has 5 nitrogen and oxygen atoms in total. The number of hydrogen-bond donors (Lipinski definition) is 0. The third-order valence-electron chi connectivity index (χ3n) is 5.36. The van der Waals surface area contributed by atoms with Crippen molar-refractivity contribution in [2.45, 2.75) is 12.1 Å². The average molecular weight is 449 g/mol. The Balaban J connectivity index is 1.62. The van der Waals surface area contributed by atoms with Crippen molar-refractivity contribution in [3.05, 3.63) is 95.0 Å². The van der Waals surface area contributed by atoms with Crippen LogP contribution in [-0.4, -0.2) is 17.9 Å². The number of para-hydroxylation sites is 2. The minimum absolute atomic E-state index is 0.245. The number of hydrogen-bond acceptors (Lipinski definition) is 4. The quantitative estimate of drug-likeness (QED) is 0.553. The Bertz CT molecular complexity index is 1070. The van der Waals surface area contributed by atoms with Gasteiger partial charge in [0, 0.05) is 4.47 Å². The number of carbonyl (C=O) groups excluding carboxylic acids is 2. The van der Waals surface area contributed by atoms with Crippen LogP contribution >= 0.6 is 15.9 Å². The van der Waals surface area contributed by atoms with Crippen LogP contribution in [0.1, 0.15) is 11.6 Å². The number of imide groups is 1. The van der Waals surface area contributed by atoms with Crippen LogP contribution in [-0.2, 0) is 14.4 Å². The highest BCUT2D eigenvalue weighted by Crippen LogP contribution is 2.48. The lowest BCUT2D eigenvalue weighted by Gasteiger charge is -2.29. The molecule has 0 spiro atoms. The molecule has 3 aromatic rings. The summed E-state index contributed by atoms with van der Waals surface area (Å²) in [5.41, 5.74) is 2.27. The number of benzene rings is 3. The molecular formula is C23H17BrN2O3. The Kier molecular flexibility index (Phi) is 4.45. The van der Waals surface area contributed by atoms with Crippen molar-refractivity contribution in [3.63, 3.8) is 0 Å². The van der Waals surface area contributed by atoms with Gasteiger partial charge in [0.15, 0.2) is 6.10 Å². The van der Waals surface area contributed by atoms with E-state index in [1.807, 2.05) is 72.8 Å². The predicted octanol–water partition coefficient (Wildman–Crippen LogP) is 4.50. The summed E-state index contributed by atoms with van der Waals surface area (Å²) < 4.78 is 0.869. The second-order valence-corrected chi connectivity index (χ2v) is 7.88. The Hall–Kier alpha value is -2.96. The fourth-order valence-electron chi connectivity index (χ4n) is 4.08. The topological polar surface area (TPSA) is 49.9 Å². The zero-order valence-electron chi connectivity index (χ0n) is 15.3. The van der Waals surface area contributed by atoms with Gasteiger partial charge in [0.05, 0.1) is 17.4 Å². The minimum Gasteiger partial charge on any atom is -0.273 e. The molecule has 6 heteroatoms. The molecule has 2 fully saturated rings. The van der Waals surface area contributed by atoms with E-state index in [0.717, 1.165) is 15.7 Å². The summed E-state index contributed by atoms with van der Waals surface area (Å²) >= 11 is 3.61. The fourth-order valence-corrected chi connectivity index (χ4v) is 4.60. The maximum Gasteiger partial charge on any atom is 0.266 e. The Morgan fingerprint density at radius 3 is 1.97 bits per heavy atom. The first kappa shape index (κ1) is 18.1. The molecule has 3 atom stereocenters. The van der Waals surface area contributed by atoms with Crippen LogP contribution in [0.5, 0.6) is 0 Å². The summed E-state index contributed by atoms with van der Waals surface area (Å²) in [5, 5.41) is 1.70. The summed E-state index contributed by atoms with van der Waals surface area (Å²) in [7, 11) is 0. The maximum atomic E-state index is 13.5. The van der Waals surface area contributed by atoms with Crippen molar-refractivity contribution in [1.29, 1.82) is 0 Å². The number of fused-ring (bicyclic) bond motifs is 1. The van der Waals surface area contributed by atoms with Crippen molar-refractivity contribution in [2.24, 2.45) is 5.92 Å². The average Bonchev–Trinajstić information content (AvgIpc) is 3.26. The molecule has 2 heterocycles. The van der Waals surface area contributed by atoms with E-state index in [1.54, 1.807) is 17.2 Å². The van der Waals surface area contributed by atoms with E-state index >= 15 is 0 Å². The first-order valence-electron chi connectivity index (χ1n) is 9.35. The van der Waals surface area contributed by atoms with E-state index in [4.69, 9.17) is 4.84 Å². The van der Waals surface area contributed by atoms with Crippen LogP contribution in [0, 0.1) is 5.92 Å². The smallest absolute Gasteiger partial charge is 0.266 e.